The molecule has 5 N–H and O–H groups in total. The van der Waals surface area contributed by atoms with Crippen molar-refractivity contribution in [2.45, 2.75) is 25.3 Å². The van der Waals surface area contributed by atoms with Crippen LogP contribution in [-0.2, 0) is 19.2 Å². The van der Waals surface area contributed by atoms with Crippen LogP contribution in [0.25, 0.3) is 0 Å². The molecule has 0 rings (SSSR count). The van der Waals surface area contributed by atoms with Crippen molar-refractivity contribution < 1.29 is 29.4 Å². The zero-order chi connectivity index (χ0) is 14.8. The van der Waals surface area contributed by atoms with Crippen LogP contribution in [-0.4, -0.2) is 51.5 Å². The number of rotatable bonds is 10. The summed E-state index contributed by atoms with van der Waals surface area (Å²) in [7, 11) is 0. The Morgan fingerprint density at radius 3 is 2.26 bits per heavy atom. The first-order chi connectivity index (χ1) is 8.82. The summed E-state index contributed by atoms with van der Waals surface area (Å²) in [6.07, 6.45) is -0.479. The van der Waals surface area contributed by atoms with Crippen molar-refractivity contribution >= 4 is 35.5 Å². The SMILES string of the molecule is NC(=O)CSCCC(=O)N[C@@H](CCC(=O)O)C(=O)O. The fourth-order valence-electron chi connectivity index (χ4n) is 1.13. The van der Waals surface area contributed by atoms with Gasteiger partial charge in [0.05, 0.1) is 5.75 Å². The Hall–Kier alpha value is -1.77. The largest absolute Gasteiger partial charge is 0.481 e. The first kappa shape index (κ1) is 17.2. The molecule has 8 nitrogen and oxygen atoms in total. The highest BCUT2D eigenvalue weighted by Crippen LogP contribution is 2.03. The van der Waals surface area contributed by atoms with Gasteiger partial charge in [-0.3, -0.25) is 14.4 Å². The molecule has 0 aromatic rings. The monoisotopic (exact) mass is 292 g/mol. The summed E-state index contributed by atoms with van der Waals surface area (Å²) < 4.78 is 0. The van der Waals surface area contributed by atoms with E-state index in [-0.39, 0.29) is 25.0 Å². The van der Waals surface area contributed by atoms with Crippen molar-refractivity contribution in [3.63, 3.8) is 0 Å². The van der Waals surface area contributed by atoms with Crippen molar-refractivity contribution in [2.24, 2.45) is 5.73 Å². The smallest absolute Gasteiger partial charge is 0.326 e. The Morgan fingerprint density at radius 2 is 1.79 bits per heavy atom. The summed E-state index contributed by atoms with van der Waals surface area (Å²) >= 11 is 1.17. The van der Waals surface area contributed by atoms with Crippen LogP contribution in [0.4, 0.5) is 0 Å². The van der Waals surface area contributed by atoms with E-state index in [2.05, 4.69) is 5.32 Å². The molecule has 0 aliphatic heterocycles. The summed E-state index contributed by atoms with van der Waals surface area (Å²) in [4.78, 5) is 43.0. The fourth-order valence-corrected chi connectivity index (χ4v) is 1.80. The number of nitrogens with two attached hydrogens (primary N) is 1. The lowest BCUT2D eigenvalue weighted by atomic mass is 10.1. The van der Waals surface area contributed by atoms with Crippen LogP contribution in [0.5, 0.6) is 0 Å². The summed E-state index contributed by atoms with van der Waals surface area (Å²) in [5.41, 5.74) is 4.90. The van der Waals surface area contributed by atoms with E-state index < -0.39 is 29.8 Å². The number of hydrogen-bond donors (Lipinski definition) is 4. The molecular formula is C10H16N2O6S. The predicted molar refractivity (Wildman–Crippen MR) is 67.6 cm³/mol. The highest BCUT2D eigenvalue weighted by Gasteiger charge is 2.20. The van der Waals surface area contributed by atoms with Gasteiger partial charge in [-0.1, -0.05) is 0 Å². The van der Waals surface area contributed by atoms with Gasteiger partial charge >= 0.3 is 11.9 Å². The molecule has 19 heavy (non-hydrogen) atoms. The Morgan fingerprint density at radius 1 is 1.16 bits per heavy atom. The Kier molecular flexibility index (Phi) is 8.34. The lowest BCUT2D eigenvalue weighted by Gasteiger charge is -2.13. The molecule has 2 amide bonds. The van der Waals surface area contributed by atoms with Gasteiger partial charge in [0.25, 0.3) is 0 Å². The van der Waals surface area contributed by atoms with Gasteiger partial charge in [0.15, 0.2) is 0 Å². The summed E-state index contributed by atoms with van der Waals surface area (Å²) in [5.74, 6) is -2.98. The van der Waals surface area contributed by atoms with Crippen LogP contribution in [0.1, 0.15) is 19.3 Å². The average molecular weight is 292 g/mol. The van der Waals surface area contributed by atoms with E-state index in [0.717, 1.165) is 0 Å². The molecule has 0 aromatic carbocycles. The molecule has 0 heterocycles. The summed E-state index contributed by atoms with van der Waals surface area (Å²) in [6, 6.07) is -1.22. The molecule has 0 aromatic heterocycles. The van der Waals surface area contributed by atoms with Crippen LogP contribution in [0, 0.1) is 0 Å². The number of amides is 2. The summed E-state index contributed by atoms with van der Waals surface area (Å²) in [6.45, 7) is 0. The number of carbonyl (C=O) groups is 4. The Balaban J connectivity index is 3.99. The minimum Gasteiger partial charge on any atom is -0.481 e. The van der Waals surface area contributed by atoms with Crippen LogP contribution >= 0.6 is 11.8 Å². The van der Waals surface area contributed by atoms with Gasteiger partial charge in [-0.25, -0.2) is 4.79 Å². The van der Waals surface area contributed by atoms with E-state index in [1.807, 2.05) is 0 Å². The zero-order valence-electron chi connectivity index (χ0n) is 10.1. The van der Waals surface area contributed by atoms with Crippen LogP contribution < -0.4 is 11.1 Å². The van der Waals surface area contributed by atoms with Gasteiger partial charge < -0.3 is 21.3 Å². The molecule has 0 radical (unpaired) electrons. The average Bonchev–Trinajstić information content (AvgIpc) is 2.29. The molecule has 0 fully saturated rings. The third-order valence-electron chi connectivity index (χ3n) is 2.00. The number of carboxylic acids is 2. The maximum Gasteiger partial charge on any atom is 0.326 e. The number of hydrogen-bond acceptors (Lipinski definition) is 5. The lowest BCUT2D eigenvalue weighted by Crippen LogP contribution is -2.41. The van der Waals surface area contributed by atoms with Gasteiger partial charge in [-0.05, 0) is 6.42 Å². The molecule has 0 aliphatic rings. The van der Waals surface area contributed by atoms with E-state index in [1.54, 1.807) is 0 Å². The van der Waals surface area contributed by atoms with E-state index in [9.17, 15) is 19.2 Å². The number of aliphatic carboxylic acids is 2. The number of carboxylic acid groups (broad SMARTS) is 2. The topological polar surface area (TPSA) is 147 Å². The first-order valence-corrected chi connectivity index (χ1v) is 6.58. The highest BCUT2D eigenvalue weighted by atomic mass is 32.2. The Bertz CT molecular complexity index is 360. The lowest BCUT2D eigenvalue weighted by molar-refractivity contribution is -0.143. The van der Waals surface area contributed by atoms with Crippen LogP contribution in [0.3, 0.4) is 0 Å². The van der Waals surface area contributed by atoms with Crippen molar-refractivity contribution in [1.29, 1.82) is 0 Å². The van der Waals surface area contributed by atoms with E-state index in [1.165, 1.54) is 11.8 Å². The van der Waals surface area contributed by atoms with Gasteiger partial charge in [0.2, 0.25) is 11.8 Å². The fraction of sp³-hybridized carbons (Fsp3) is 0.600. The molecule has 108 valence electrons. The highest BCUT2D eigenvalue weighted by molar-refractivity contribution is 7.99. The quantitative estimate of drug-likeness (QED) is 0.379. The molecule has 0 saturated heterocycles. The van der Waals surface area contributed by atoms with E-state index >= 15 is 0 Å². The number of thioether (sulfide) groups is 1. The summed E-state index contributed by atoms with van der Waals surface area (Å²) in [5, 5.41) is 19.5. The van der Waals surface area contributed by atoms with Gasteiger partial charge in [-0.15, -0.1) is 0 Å². The minimum absolute atomic E-state index is 0.0365. The molecule has 9 heteroatoms. The second-order valence-electron chi connectivity index (χ2n) is 3.66. The maximum absolute atomic E-state index is 11.4. The molecule has 0 saturated carbocycles. The van der Waals surface area contributed by atoms with Crippen molar-refractivity contribution in [1.82, 2.24) is 5.32 Å². The second-order valence-corrected chi connectivity index (χ2v) is 4.76. The normalized spacial score (nSPS) is 11.6. The van der Waals surface area contributed by atoms with Gasteiger partial charge in [0.1, 0.15) is 6.04 Å². The molecule has 0 unspecified atom stereocenters. The Labute approximate surface area is 113 Å². The first-order valence-electron chi connectivity index (χ1n) is 5.43. The van der Waals surface area contributed by atoms with Crippen molar-refractivity contribution in [2.75, 3.05) is 11.5 Å². The van der Waals surface area contributed by atoms with Crippen LogP contribution in [0.2, 0.25) is 0 Å². The third kappa shape index (κ3) is 9.89. The molecular weight excluding hydrogens is 276 g/mol. The predicted octanol–water partition coefficient (Wildman–Crippen LogP) is -0.971. The van der Waals surface area contributed by atoms with Gasteiger partial charge in [0, 0.05) is 18.6 Å². The maximum atomic E-state index is 11.4. The van der Waals surface area contributed by atoms with Crippen LogP contribution in [0.15, 0.2) is 0 Å². The molecule has 1 atom stereocenters. The van der Waals surface area contributed by atoms with Crippen molar-refractivity contribution in [3.8, 4) is 0 Å². The van der Waals surface area contributed by atoms with Gasteiger partial charge in [-0.2, -0.15) is 11.8 Å². The second kappa shape index (κ2) is 9.20. The van der Waals surface area contributed by atoms with E-state index in [0.29, 0.717) is 5.75 Å². The molecule has 0 spiro atoms. The number of carbonyl (C=O) groups excluding carboxylic acids is 2. The van der Waals surface area contributed by atoms with E-state index in [4.69, 9.17) is 15.9 Å². The minimum atomic E-state index is -1.28. The zero-order valence-corrected chi connectivity index (χ0v) is 10.9. The molecule has 0 bridgehead atoms. The number of nitrogens with one attached hydrogen (secondary N) is 1. The standard InChI is InChI=1S/C10H16N2O6S/c11-7(13)5-19-4-3-8(14)12-6(10(17)18)1-2-9(15)16/h6H,1-5H2,(H2,11,13)(H,12,14)(H,15,16)(H,17,18)/t6-/m0/s1. The van der Waals surface area contributed by atoms with Crippen molar-refractivity contribution in [3.05, 3.63) is 0 Å². The molecule has 0 aliphatic carbocycles. The third-order valence-corrected chi connectivity index (χ3v) is 2.98. The number of primary amides is 1.